The SMILES string of the molecule is CCNC(=O)CNC(=O)N1CCCC1c1ccccc1C(F)(F)F. The van der Waals surface area contributed by atoms with Crippen LogP contribution in [0.15, 0.2) is 24.3 Å². The normalized spacial score (nSPS) is 17.7. The molecule has 1 aromatic carbocycles. The summed E-state index contributed by atoms with van der Waals surface area (Å²) in [6, 6.07) is 4.13. The van der Waals surface area contributed by atoms with Crippen molar-refractivity contribution in [1.82, 2.24) is 15.5 Å². The number of hydrogen-bond donors (Lipinski definition) is 2. The lowest BCUT2D eigenvalue weighted by atomic mass is 9.98. The van der Waals surface area contributed by atoms with E-state index in [4.69, 9.17) is 0 Å². The fraction of sp³-hybridized carbons (Fsp3) is 0.500. The number of benzene rings is 1. The average Bonchev–Trinajstić information content (AvgIpc) is 3.01. The van der Waals surface area contributed by atoms with Crippen LogP contribution in [-0.4, -0.2) is 36.5 Å². The minimum atomic E-state index is -4.47. The van der Waals surface area contributed by atoms with Gasteiger partial charge in [0.15, 0.2) is 0 Å². The molecule has 1 heterocycles. The molecule has 1 fully saturated rings. The Bertz CT molecular complexity index is 604. The first-order valence-corrected chi connectivity index (χ1v) is 7.82. The van der Waals surface area contributed by atoms with Gasteiger partial charge in [0.2, 0.25) is 5.91 Å². The molecule has 1 aliphatic rings. The quantitative estimate of drug-likeness (QED) is 0.883. The maximum absolute atomic E-state index is 13.2. The number of alkyl halides is 3. The van der Waals surface area contributed by atoms with Gasteiger partial charge in [-0.05, 0) is 31.4 Å². The number of rotatable bonds is 4. The molecule has 1 unspecified atom stereocenters. The van der Waals surface area contributed by atoms with E-state index in [1.165, 1.54) is 23.1 Å². The van der Waals surface area contributed by atoms with Crippen molar-refractivity contribution in [3.05, 3.63) is 35.4 Å². The number of halogens is 3. The number of nitrogens with one attached hydrogen (secondary N) is 2. The van der Waals surface area contributed by atoms with Gasteiger partial charge in [0.25, 0.3) is 0 Å². The van der Waals surface area contributed by atoms with Gasteiger partial charge in [-0.15, -0.1) is 0 Å². The predicted molar refractivity (Wildman–Crippen MR) is 82.2 cm³/mol. The van der Waals surface area contributed by atoms with Crippen molar-refractivity contribution in [3.8, 4) is 0 Å². The van der Waals surface area contributed by atoms with Crippen LogP contribution >= 0.6 is 0 Å². The minimum Gasteiger partial charge on any atom is -0.355 e. The second-order valence-electron chi connectivity index (χ2n) is 5.55. The van der Waals surface area contributed by atoms with E-state index in [1.807, 2.05) is 0 Å². The summed E-state index contributed by atoms with van der Waals surface area (Å²) in [6.07, 6.45) is -3.39. The van der Waals surface area contributed by atoms with E-state index in [0.717, 1.165) is 6.07 Å². The largest absolute Gasteiger partial charge is 0.416 e. The third-order valence-corrected chi connectivity index (χ3v) is 3.91. The van der Waals surface area contributed by atoms with Crippen molar-refractivity contribution >= 4 is 11.9 Å². The molecule has 2 N–H and O–H groups in total. The Hall–Kier alpha value is -2.25. The third kappa shape index (κ3) is 4.18. The molecule has 0 aromatic heterocycles. The summed E-state index contributed by atoms with van der Waals surface area (Å²) in [5.74, 6) is -0.336. The maximum atomic E-state index is 13.2. The van der Waals surface area contributed by atoms with E-state index >= 15 is 0 Å². The van der Waals surface area contributed by atoms with Crippen molar-refractivity contribution in [1.29, 1.82) is 0 Å². The number of nitrogens with zero attached hydrogens (tertiary/aromatic N) is 1. The van der Waals surface area contributed by atoms with Gasteiger partial charge in [0.05, 0.1) is 18.2 Å². The molecule has 24 heavy (non-hydrogen) atoms. The molecule has 1 aromatic rings. The molecule has 132 valence electrons. The Morgan fingerprint density at radius 3 is 2.62 bits per heavy atom. The van der Waals surface area contributed by atoms with Crippen molar-refractivity contribution in [3.63, 3.8) is 0 Å². The summed E-state index contributed by atoms with van der Waals surface area (Å²) in [6.45, 7) is 2.36. The Balaban J connectivity index is 2.14. The van der Waals surface area contributed by atoms with E-state index < -0.39 is 23.8 Å². The highest BCUT2D eigenvalue weighted by molar-refractivity contribution is 5.84. The molecule has 0 spiro atoms. The van der Waals surface area contributed by atoms with Gasteiger partial charge in [-0.1, -0.05) is 18.2 Å². The number of hydrogen-bond acceptors (Lipinski definition) is 2. The molecular formula is C16H20F3N3O2. The highest BCUT2D eigenvalue weighted by Gasteiger charge is 2.38. The van der Waals surface area contributed by atoms with E-state index in [9.17, 15) is 22.8 Å². The molecule has 2 rings (SSSR count). The second-order valence-corrected chi connectivity index (χ2v) is 5.55. The summed E-state index contributed by atoms with van der Waals surface area (Å²) < 4.78 is 39.6. The molecule has 0 radical (unpaired) electrons. The zero-order valence-electron chi connectivity index (χ0n) is 13.3. The van der Waals surface area contributed by atoms with E-state index in [-0.39, 0.29) is 18.0 Å². The summed E-state index contributed by atoms with van der Waals surface area (Å²) in [5.41, 5.74) is -0.630. The van der Waals surface area contributed by atoms with Crippen molar-refractivity contribution in [2.45, 2.75) is 32.0 Å². The number of amides is 3. The molecule has 1 saturated heterocycles. The van der Waals surface area contributed by atoms with Gasteiger partial charge in [0, 0.05) is 13.1 Å². The Morgan fingerprint density at radius 2 is 1.96 bits per heavy atom. The van der Waals surface area contributed by atoms with E-state index in [1.54, 1.807) is 6.92 Å². The highest BCUT2D eigenvalue weighted by atomic mass is 19.4. The van der Waals surface area contributed by atoms with E-state index in [2.05, 4.69) is 10.6 Å². The average molecular weight is 343 g/mol. The fourth-order valence-electron chi connectivity index (χ4n) is 2.90. The van der Waals surface area contributed by atoms with Crippen molar-refractivity contribution in [2.75, 3.05) is 19.6 Å². The number of urea groups is 1. The molecule has 5 nitrogen and oxygen atoms in total. The van der Waals surface area contributed by atoms with Crippen molar-refractivity contribution < 1.29 is 22.8 Å². The van der Waals surface area contributed by atoms with Crippen LogP contribution < -0.4 is 10.6 Å². The lowest BCUT2D eigenvalue weighted by Gasteiger charge is -2.27. The van der Waals surface area contributed by atoms with Gasteiger partial charge in [-0.25, -0.2) is 4.79 Å². The zero-order valence-corrected chi connectivity index (χ0v) is 13.3. The summed E-state index contributed by atoms with van der Waals surface area (Å²) in [5, 5.41) is 5.00. The van der Waals surface area contributed by atoms with Crippen LogP contribution in [0.1, 0.15) is 36.9 Å². The van der Waals surface area contributed by atoms with Crippen LogP contribution in [0.3, 0.4) is 0 Å². The zero-order chi connectivity index (χ0) is 17.7. The molecule has 1 aliphatic heterocycles. The summed E-state index contributed by atoms with van der Waals surface area (Å²) in [4.78, 5) is 25.0. The standard InChI is InChI=1S/C16H20F3N3O2/c1-2-20-14(23)10-21-15(24)22-9-5-8-13(22)11-6-3-4-7-12(11)16(17,18)19/h3-4,6-7,13H,2,5,8-10H2,1H3,(H,20,23)(H,21,24). The lowest BCUT2D eigenvalue weighted by molar-refractivity contribution is -0.138. The molecule has 1 atom stereocenters. The van der Waals surface area contributed by atoms with Gasteiger partial charge in [-0.2, -0.15) is 13.2 Å². The Kier molecular flexibility index (Phi) is 5.69. The summed E-state index contributed by atoms with van der Waals surface area (Å²) >= 11 is 0. The van der Waals surface area contributed by atoms with Crippen LogP contribution in [0.2, 0.25) is 0 Å². The first kappa shape index (κ1) is 18.1. The topological polar surface area (TPSA) is 61.4 Å². The monoisotopic (exact) mass is 343 g/mol. The maximum Gasteiger partial charge on any atom is 0.416 e. The van der Waals surface area contributed by atoms with Crippen molar-refractivity contribution in [2.24, 2.45) is 0 Å². The fourth-order valence-corrected chi connectivity index (χ4v) is 2.90. The second kappa shape index (κ2) is 7.55. The predicted octanol–water partition coefficient (Wildman–Crippen LogP) is 2.69. The minimum absolute atomic E-state index is 0.0932. The van der Waals surface area contributed by atoms with E-state index in [0.29, 0.717) is 25.9 Å². The van der Waals surface area contributed by atoms with Crippen LogP contribution in [0.4, 0.5) is 18.0 Å². The molecule has 8 heteroatoms. The molecular weight excluding hydrogens is 323 g/mol. The van der Waals surface area contributed by atoms with Gasteiger partial charge < -0.3 is 15.5 Å². The smallest absolute Gasteiger partial charge is 0.355 e. The Labute approximate surface area is 138 Å². The Morgan fingerprint density at radius 1 is 1.25 bits per heavy atom. The van der Waals surface area contributed by atoms with Gasteiger partial charge in [0.1, 0.15) is 0 Å². The van der Waals surface area contributed by atoms with Gasteiger partial charge >= 0.3 is 12.2 Å². The number of carbonyl (C=O) groups excluding carboxylic acids is 2. The molecule has 0 saturated carbocycles. The van der Waals surface area contributed by atoms with Crippen LogP contribution in [-0.2, 0) is 11.0 Å². The lowest BCUT2D eigenvalue weighted by Crippen LogP contribution is -2.44. The highest BCUT2D eigenvalue weighted by Crippen LogP contribution is 2.40. The number of likely N-dealkylation sites (N-methyl/N-ethyl adjacent to an activating group) is 1. The van der Waals surface area contributed by atoms with Crippen LogP contribution in [0, 0.1) is 0 Å². The first-order chi connectivity index (χ1) is 11.3. The van der Waals surface area contributed by atoms with Crippen LogP contribution in [0.5, 0.6) is 0 Å². The molecule has 0 bridgehead atoms. The first-order valence-electron chi connectivity index (χ1n) is 7.82. The molecule has 0 aliphatic carbocycles. The molecule has 3 amide bonds. The third-order valence-electron chi connectivity index (χ3n) is 3.91. The van der Waals surface area contributed by atoms with Gasteiger partial charge in [-0.3, -0.25) is 4.79 Å². The number of carbonyl (C=O) groups is 2. The van der Waals surface area contributed by atoms with Crippen LogP contribution in [0.25, 0.3) is 0 Å². The number of likely N-dealkylation sites (tertiary alicyclic amines) is 1. The summed E-state index contributed by atoms with van der Waals surface area (Å²) in [7, 11) is 0.